The van der Waals surface area contributed by atoms with Gasteiger partial charge in [0.05, 0.1) is 5.25 Å². The van der Waals surface area contributed by atoms with Gasteiger partial charge in [0.2, 0.25) is 5.91 Å². The molecule has 8 heteroatoms. The zero-order valence-electron chi connectivity index (χ0n) is 20.6. The molecule has 0 fully saturated rings. The number of thiol groups is 1. The molecule has 4 rings (SSSR count). The van der Waals surface area contributed by atoms with Crippen LogP contribution in [0.5, 0.6) is 0 Å². The highest BCUT2D eigenvalue weighted by atomic mass is 79.9. The number of carbonyl (C=O) groups excluding carboxylic acids is 2. The van der Waals surface area contributed by atoms with Crippen LogP contribution in [0.1, 0.15) is 23.1 Å². The van der Waals surface area contributed by atoms with E-state index in [1.807, 2.05) is 78.9 Å². The highest BCUT2D eigenvalue weighted by molar-refractivity contribution is 9.10. The number of aliphatic carboxylic acids is 1. The number of hydrogen-bond acceptors (Lipinski definition) is 4. The Labute approximate surface area is 235 Å². The fourth-order valence-corrected chi connectivity index (χ4v) is 5.08. The van der Waals surface area contributed by atoms with Crippen LogP contribution in [0, 0.1) is 5.92 Å². The number of H-pyrrole nitrogens is 1. The number of amides is 1. The number of fused-ring (bicyclic) bond motifs is 1. The molecule has 0 radical (unpaired) electrons. The first-order chi connectivity index (χ1) is 18.3. The summed E-state index contributed by atoms with van der Waals surface area (Å²) in [6.07, 6.45) is 2.60. The van der Waals surface area contributed by atoms with Gasteiger partial charge in [0.15, 0.2) is 0 Å². The van der Waals surface area contributed by atoms with Gasteiger partial charge in [-0.2, -0.15) is 12.6 Å². The van der Waals surface area contributed by atoms with Crippen molar-refractivity contribution in [3.8, 4) is 0 Å². The number of carboxylic acids is 1. The largest absolute Gasteiger partial charge is 0.480 e. The van der Waals surface area contributed by atoms with Crippen molar-refractivity contribution in [2.45, 2.75) is 37.0 Å². The molecule has 3 aromatic carbocycles. The average molecular weight is 594 g/mol. The minimum Gasteiger partial charge on any atom is -0.480 e. The van der Waals surface area contributed by atoms with Crippen molar-refractivity contribution >= 4 is 57.1 Å². The van der Waals surface area contributed by atoms with Crippen molar-refractivity contribution in [1.82, 2.24) is 10.3 Å². The van der Waals surface area contributed by atoms with E-state index in [4.69, 9.17) is 0 Å². The Morgan fingerprint density at radius 3 is 2.24 bits per heavy atom. The Morgan fingerprint density at radius 1 is 0.868 bits per heavy atom. The standard InChI is InChI=1S/C30H29BrN2O4S/c31-23-12-10-20(11-13-23)14-21(17-27(34)28(38)15-19-6-2-1-3-7-19)29(35)33-26(30(36)37)16-22-18-32-25-9-5-4-8-24(22)25/h1-13,18,21,26,28,32,38H,14-17H2,(H,33,35)(H,36,37)/t21?,26-,28?/m0/s1. The Kier molecular flexibility index (Phi) is 9.42. The number of nitrogens with one attached hydrogen (secondary N) is 2. The Bertz CT molecular complexity index is 1400. The molecule has 0 saturated heterocycles. The van der Waals surface area contributed by atoms with Crippen LogP contribution in [-0.2, 0) is 33.6 Å². The molecule has 0 spiro atoms. The highest BCUT2D eigenvalue weighted by Crippen LogP contribution is 2.22. The molecular formula is C30H29BrN2O4S. The highest BCUT2D eigenvalue weighted by Gasteiger charge is 2.29. The number of aromatic amines is 1. The molecular weight excluding hydrogens is 564 g/mol. The predicted molar refractivity (Wildman–Crippen MR) is 155 cm³/mol. The van der Waals surface area contributed by atoms with Crippen LogP contribution in [0.25, 0.3) is 10.9 Å². The Balaban J connectivity index is 1.50. The van der Waals surface area contributed by atoms with E-state index < -0.39 is 29.1 Å². The summed E-state index contributed by atoms with van der Waals surface area (Å²) in [5.41, 5.74) is 3.56. The SMILES string of the molecule is O=C(CC(Cc1ccc(Br)cc1)C(=O)N[C@@H](Cc1c[nH]c2ccccc12)C(=O)O)C(S)Cc1ccccc1. The van der Waals surface area contributed by atoms with Gasteiger partial charge in [-0.15, -0.1) is 0 Å². The number of hydrogen-bond donors (Lipinski definition) is 4. The minimum absolute atomic E-state index is 0.0394. The fraction of sp³-hybridized carbons (Fsp3) is 0.233. The number of halogens is 1. The quantitative estimate of drug-likeness (QED) is 0.165. The minimum atomic E-state index is -1.14. The van der Waals surface area contributed by atoms with Crippen LogP contribution in [0.2, 0.25) is 0 Å². The molecule has 4 aromatic rings. The summed E-state index contributed by atoms with van der Waals surface area (Å²) in [6, 6.07) is 23.6. The summed E-state index contributed by atoms with van der Waals surface area (Å²) in [6.45, 7) is 0. The normalized spacial score (nSPS) is 13.5. The second-order valence-electron chi connectivity index (χ2n) is 9.37. The van der Waals surface area contributed by atoms with E-state index in [0.717, 1.165) is 32.1 Å². The number of ketones is 1. The van der Waals surface area contributed by atoms with Gasteiger partial charge in [-0.25, -0.2) is 4.79 Å². The Morgan fingerprint density at radius 2 is 1.53 bits per heavy atom. The molecule has 0 saturated carbocycles. The maximum Gasteiger partial charge on any atom is 0.326 e. The molecule has 0 bridgehead atoms. The van der Waals surface area contributed by atoms with Crippen molar-refractivity contribution in [2.24, 2.45) is 5.92 Å². The van der Waals surface area contributed by atoms with Crippen LogP contribution in [0.3, 0.4) is 0 Å². The van der Waals surface area contributed by atoms with Crippen LogP contribution >= 0.6 is 28.6 Å². The van der Waals surface area contributed by atoms with Crippen LogP contribution < -0.4 is 5.32 Å². The van der Waals surface area contributed by atoms with Gasteiger partial charge in [-0.1, -0.05) is 76.6 Å². The molecule has 3 atom stereocenters. The third-order valence-electron chi connectivity index (χ3n) is 6.57. The van der Waals surface area contributed by atoms with Crippen molar-refractivity contribution in [3.63, 3.8) is 0 Å². The third kappa shape index (κ3) is 7.36. The first-order valence-electron chi connectivity index (χ1n) is 12.4. The molecule has 1 amide bonds. The number of para-hydroxylation sites is 1. The molecule has 6 nitrogen and oxygen atoms in total. The molecule has 1 aromatic heterocycles. The zero-order chi connectivity index (χ0) is 27.1. The van der Waals surface area contributed by atoms with Gasteiger partial charge in [-0.3, -0.25) is 9.59 Å². The van der Waals surface area contributed by atoms with Crippen molar-refractivity contribution < 1.29 is 19.5 Å². The molecule has 38 heavy (non-hydrogen) atoms. The average Bonchev–Trinajstić information content (AvgIpc) is 3.32. The van der Waals surface area contributed by atoms with Gasteiger partial charge in [0, 0.05) is 40.3 Å². The molecule has 0 aliphatic rings. The fourth-order valence-electron chi connectivity index (χ4n) is 4.50. The topological polar surface area (TPSA) is 99.3 Å². The number of Topliss-reactive ketones (excluding diaryl/α,β-unsaturated/α-hetero) is 1. The number of aromatic nitrogens is 1. The number of carboxylic acid groups (broad SMARTS) is 1. The van der Waals surface area contributed by atoms with Crippen molar-refractivity contribution in [2.75, 3.05) is 0 Å². The van der Waals surface area contributed by atoms with E-state index in [-0.39, 0.29) is 18.6 Å². The molecule has 196 valence electrons. The predicted octanol–water partition coefficient (Wildman–Crippen LogP) is 5.40. The summed E-state index contributed by atoms with van der Waals surface area (Å²) < 4.78 is 0.904. The summed E-state index contributed by atoms with van der Waals surface area (Å²) >= 11 is 7.94. The second kappa shape index (κ2) is 12.9. The van der Waals surface area contributed by atoms with E-state index in [9.17, 15) is 19.5 Å². The molecule has 3 N–H and O–H groups in total. The second-order valence-corrected chi connectivity index (χ2v) is 10.9. The third-order valence-corrected chi connectivity index (χ3v) is 7.57. The van der Waals surface area contributed by atoms with E-state index in [1.165, 1.54) is 0 Å². The Hall–Kier alpha value is -3.36. The summed E-state index contributed by atoms with van der Waals surface area (Å²) in [4.78, 5) is 41.9. The smallest absolute Gasteiger partial charge is 0.326 e. The van der Waals surface area contributed by atoms with Crippen LogP contribution in [0.4, 0.5) is 0 Å². The number of rotatable bonds is 12. The lowest BCUT2D eigenvalue weighted by atomic mass is 9.91. The van der Waals surface area contributed by atoms with Gasteiger partial charge in [0.25, 0.3) is 0 Å². The lowest BCUT2D eigenvalue weighted by Gasteiger charge is -2.21. The van der Waals surface area contributed by atoms with Gasteiger partial charge >= 0.3 is 5.97 Å². The van der Waals surface area contributed by atoms with E-state index in [2.05, 4.69) is 38.9 Å². The lowest BCUT2D eigenvalue weighted by molar-refractivity contribution is -0.142. The molecule has 1 heterocycles. The molecule has 0 aliphatic carbocycles. The first-order valence-corrected chi connectivity index (χ1v) is 13.7. The van der Waals surface area contributed by atoms with Crippen LogP contribution in [0.15, 0.2) is 89.5 Å². The maximum atomic E-state index is 13.5. The van der Waals surface area contributed by atoms with Crippen LogP contribution in [-0.4, -0.2) is 39.0 Å². The summed E-state index contributed by atoms with van der Waals surface area (Å²) in [5.74, 6) is -2.49. The maximum absolute atomic E-state index is 13.5. The monoisotopic (exact) mass is 592 g/mol. The molecule has 2 unspecified atom stereocenters. The summed E-state index contributed by atoms with van der Waals surface area (Å²) in [5, 5.41) is 13.0. The van der Waals surface area contributed by atoms with Crippen molar-refractivity contribution in [1.29, 1.82) is 0 Å². The molecule has 0 aliphatic heterocycles. The first kappa shape index (κ1) is 27.7. The van der Waals surface area contributed by atoms with Gasteiger partial charge in [-0.05, 0) is 47.7 Å². The lowest BCUT2D eigenvalue weighted by Crippen LogP contribution is -2.46. The number of carbonyl (C=O) groups is 3. The zero-order valence-corrected chi connectivity index (χ0v) is 23.1. The number of benzene rings is 3. The van der Waals surface area contributed by atoms with Crippen molar-refractivity contribution in [3.05, 3.63) is 106 Å². The van der Waals surface area contributed by atoms with Gasteiger partial charge in [0.1, 0.15) is 11.8 Å². The van der Waals surface area contributed by atoms with E-state index in [0.29, 0.717) is 12.8 Å². The van der Waals surface area contributed by atoms with Gasteiger partial charge < -0.3 is 15.4 Å². The summed E-state index contributed by atoms with van der Waals surface area (Å²) in [7, 11) is 0. The van der Waals surface area contributed by atoms with E-state index in [1.54, 1.807) is 6.20 Å². The van der Waals surface area contributed by atoms with E-state index >= 15 is 0 Å².